The highest BCUT2D eigenvalue weighted by molar-refractivity contribution is 9.10. The van der Waals surface area contributed by atoms with Gasteiger partial charge in [0.05, 0.1) is 22.1 Å². The van der Waals surface area contributed by atoms with Gasteiger partial charge in [0.1, 0.15) is 17.3 Å². The van der Waals surface area contributed by atoms with Crippen LogP contribution < -0.4 is 5.32 Å². The van der Waals surface area contributed by atoms with Gasteiger partial charge in [-0.25, -0.2) is 4.68 Å². The third-order valence-electron chi connectivity index (χ3n) is 3.49. The first-order valence-corrected chi connectivity index (χ1v) is 7.86. The van der Waals surface area contributed by atoms with Gasteiger partial charge < -0.3 is 5.32 Å². The summed E-state index contributed by atoms with van der Waals surface area (Å²) in [6.07, 6.45) is 1.42. The summed E-state index contributed by atoms with van der Waals surface area (Å²) in [7, 11) is 1.69. The standard InChI is InChI=1S/C16H13BrN6O/c1-10-13(17)14(22(2)21-10)16(24)20-15-11(8-18)9-19-23(15)12-6-4-3-5-7-12/h3-7,9H,1-2H3,(H,20,24). The molecule has 0 aliphatic carbocycles. The highest BCUT2D eigenvalue weighted by Crippen LogP contribution is 2.24. The molecule has 0 saturated carbocycles. The van der Waals surface area contributed by atoms with E-state index in [9.17, 15) is 10.1 Å². The van der Waals surface area contributed by atoms with Crippen LogP contribution in [0.5, 0.6) is 0 Å². The van der Waals surface area contributed by atoms with Crippen LogP contribution in [-0.2, 0) is 7.05 Å². The molecule has 3 aromatic rings. The second-order valence-corrected chi connectivity index (χ2v) is 5.88. The first-order valence-electron chi connectivity index (χ1n) is 7.07. The van der Waals surface area contributed by atoms with Crippen molar-refractivity contribution in [3.63, 3.8) is 0 Å². The van der Waals surface area contributed by atoms with E-state index in [0.29, 0.717) is 21.7 Å². The lowest BCUT2D eigenvalue weighted by Gasteiger charge is -2.10. The van der Waals surface area contributed by atoms with Crippen molar-refractivity contribution < 1.29 is 4.79 Å². The first kappa shape index (κ1) is 16.0. The number of benzene rings is 1. The normalized spacial score (nSPS) is 10.4. The summed E-state index contributed by atoms with van der Waals surface area (Å²) >= 11 is 3.37. The largest absolute Gasteiger partial charge is 0.304 e. The number of carbonyl (C=O) groups is 1. The summed E-state index contributed by atoms with van der Waals surface area (Å²) in [5.74, 6) is -0.0568. The van der Waals surface area contributed by atoms with E-state index in [4.69, 9.17) is 0 Å². The Labute approximate surface area is 146 Å². The second-order valence-electron chi connectivity index (χ2n) is 5.09. The minimum atomic E-state index is -0.376. The Kier molecular flexibility index (Phi) is 4.18. The van der Waals surface area contributed by atoms with Gasteiger partial charge in [-0.3, -0.25) is 9.48 Å². The SMILES string of the molecule is Cc1nn(C)c(C(=O)Nc2c(C#N)cnn2-c2ccccc2)c1Br. The maximum atomic E-state index is 12.7. The molecule has 0 unspecified atom stereocenters. The highest BCUT2D eigenvalue weighted by atomic mass is 79.9. The Morgan fingerprint density at radius 3 is 2.62 bits per heavy atom. The van der Waals surface area contributed by atoms with Gasteiger partial charge >= 0.3 is 0 Å². The predicted molar refractivity (Wildman–Crippen MR) is 91.9 cm³/mol. The number of halogens is 1. The molecule has 0 aliphatic rings. The van der Waals surface area contributed by atoms with E-state index in [2.05, 4.69) is 31.4 Å². The van der Waals surface area contributed by atoms with Gasteiger partial charge in [-0.15, -0.1) is 0 Å². The molecule has 7 nitrogen and oxygen atoms in total. The molecule has 120 valence electrons. The number of anilines is 1. The van der Waals surface area contributed by atoms with Gasteiger partial charge in [0.15, 0.2) is 5.82 Å². The summed E-state index contributed by atoms with van der Waals surface area (Å²) in [6.45, 7) is 1.80. The van der Waals surface area contributed by atoms with Crippen molar-refractivity contribution in [2.24, 2.45) is 7.05 Å². The molecule has 1 amide bonds. The van der Waals surface area contributed by atoms with Crippen LogP contribution >= 0.6 is 15.9 Å². The molecule has 2 aromatic heterocycles. The van der Waals surface area contributed by atoms with Gasteiger partial charge in [-0.2, -0.15) is 15.5 Å². The maximum Gasteiger partial charge on any atom is 0.276 e. The molecule has 3 rings (SSSR count). The zero-order valence-electron chi connectivity index (χ0n) is 13.0. The first-order chi connectivity index (χ1) is 11.5. The van der Waals surface area contributed by atoms with Crippen molar-refractivity contribution in [1.82, 2.24) is 19.6 Å². The van der Waals surface area contributed by atoms with Crippen molar-refractivity contribution >= 4 is 27.7 Å². The third kappa shape index (κ3) is 2.70. The van der Waals surface area contributed by atoms with Crippen molar-refractivity contribution in [2.45, 2.75) is 6.92 Å². The van der Waals surface area contributed by atoms with Crippen LogP contribution in [0, 0.1) is 18.3 Å². The molecule has 24 heavy (non-hydrogen) atoms. The third-order valence-corrected chi connectivity index (χ3v) is 4.44. The van der Waals surface area contributed by atoms with Crippen molar-refractivity contribution in [3.05, 3.63) is 58.0 Å². The zero-order valence-corrected chi connectivity index (χ0v) is 14.6. The number of aromatic nitrogens is 4. The smallest absolute Gasteiger partial charge is 0.276 e. The molecule has 0 saturated heterocycles. The number of carbonyl (C=O) groups excluding carboxylic acids is 1. The summed E-state index contributed by atoms with van der Waals surface area (Å²) < 4.78 is 3.63. The summed E-state index contributed by atoms with van der Waals surface area (Å²) in [4.78, 5) is 12.7. The fourth-order valence-electron chi connectivity index (χ4n) is 2.36. The molecular weight excluding hydrogens is 372 g/mol. The monoisotopic (exact) mass is 384 g/mol. The number of nitrogens with one attached hydrogen (secondary N) is 1. The van der Waals surface area contributed by atoms with Crippen LogP contribution in [0.2, 0.25) is 0 Å². The van der Waals surface area contributed by atoms with Crippen LogP contribution in [0.25, 0.3) is 5.69 Å². The molecule has 1 aromatic carbocycles. The number of rotatable bonds is 3. The fraction of sp³-hybridized carbons (Fsp3) is 0.125. The average Bonchev–Trinajstić information content (AvgIpc) is 3.08. The van der Waals surface area contributed by atoms with Gasteiger partial charge in [0.2, 0.25) is 0 Å². The van der Waals surface area contributed by atoms with Crippen molar-refractivity contribution in [3.8, 4) is 11.8 Å². The molecule has 8 heteroatoms. The Hall–Kier alpha value is -2.92. The van der Waals surface area contributed by atoms with Gasteiger partial charge in [0, 0.05) is 7.05 Å². The van der Waals surface area contributed by atoms with Gasteiger partial charge in [0.25, 0.3) is 5.91 Å². The highest BCUT2D eigenvalue weighted by Gasteiger charge is 2.22. The number of amides is 1. The quantitative estimate of drug-likeness (QED) is 0.751. The number of hydrogen-bond donors (Lipinski definition) is 1. The number of aryl methyl sites for hydroxylation is 2. The minimum Gasteiger partial charge on any atom is -0.304 e. The molecule has 0 bridgehead atoms. The lowest BCUT2D eigenvalue weighted by atomic mass is 10.3. The van der Waals surface area contributed by atoms with E-state index >= 15 is 0 Å². The summed E-state index contributed by atoms with van der Waals surface area (Å²) in [5, 5.41) is 20.5. The average molecular weight is 385 g/mol. The topological polar surface area (TPSA) is 88.5 Å². The Morgan fingerprint density at radius 1 is 1.33 bits per heavy atom. The molecule has 1 N–H and O–H groups in total. The second kappa shape index (κ2) is 6.29. The zero-order chi connectivity index (χ0) is 17.3. The fourth-order valence-corrected chi connectivity index (χ4v) is 2.88. The predicted octanol–water partition coefficient (Wildman–Crippen LogP) is 2.80. The molecule has 0 aliphatic heterocycles. The van der Waals surface area contributed by atoms with Crippen LogP contribution in [0.4, 0.5) is 5.82 Å². The van der Waals surface area contributed by atoms with E-state index < -0.39 is 0 Å². The van der Waals surface area contributed by atoms with Crippen LogP contribution in [0.15, 0.2) is 41.0 Å². The molecule has 0 spiro atoms. The van der Waals surface area contributed by atoms with E-state index in [-0.39, 0.29) is 11.5 Å². The van der Waals surface area contributed by atoms with E-state index in [0.717, 1.165) is 5.69 Å². The Bertz CT molecular complexity index is 951. The van der Waals surface area contributed by atoms with E-state index in [1.807, 2.05) is 36.4 Å². The summed E-state index contributed by atoms with van der Waals surface area (Å²) in [5.41, 5.74) is 2.11. The molecule has 0 fully saturated rings. The van der Waals surface area contributed by atoms with E-state index in [1.54, 1.807) is 14.0 Å². The van der Waals surface area contributed by atoms with Gasteiger partial charge in [-0.1, -0.05) is 18.2 Å². The summed E-state index contributed by atoms with van der Waals surface area (Å²) in [6, 6.07) is 11.3. The molecule has 2 heterocycles. The van der Waals surface area contributed by atoms with Gasteiger partial charge in [-0.05, 0) is 35.0 Å². The lowest BCUT2D eigenvalue weighted by Crippen LogP contribution is -2.19. The maximum absolute atomic E-state index is 12.7. The van der Waals surface area contributed by atoms with Crippen LogP contribution in [-0.4, -0.2) is 25.5 Å². The number of nitriles is 1. The molecule has 0 atom stereocenters. The van der Waals surface area contributed by atoms with Crippen molar-refractivity contribution in [2.75, 3.05) is 5.32 Å². The lowest BCUT2D eigenvalue weighted by molar-refractivity contribution is 0.101. The molecular formula is C16H13BrN6O. The minimum absolute atomic E-state index is 0.280. The number of hydrogen-bond acceptors (Lipinski definition) is 4. The Balaban J connectivity index is 2.03. The molecule has 0 radical (unpaired) electrons. The Morgan fingerprint density at radius 2 is 2.04 bits per heavy atom. The van der Waals surface area contributed by atoms with E-state index in [1.165, 1.54) is 15.6 Å². The number of nitrogens with zero attached hydrogens (tertiary/aromatic N) is 5. The van der Waals surface area contributed by atoms with Crippen LogP contribution in [0.3, 0.4) is 0 Å². The van der Waals surface area contributed by atoms with Crippen LogP contribution in [0.1, 0.15) is 21.7 Å². The van der Waals surface area contributed by atoms with Crippen molar-refractivity contribution in [1.29, 1.82) is 5.26 Å². The number of para-hydroxylation sites is 1.